The first-order chi connectivity index (χ1) is 9.89. The van der Waals surface area contributed by atoms with E-state index in [0.29, 0.717) is 17.1 Å². The summed E-state index contributed by atoms with van der Waals surface area (Å²) in [5, 5.41) is 0.491. The van der Waals surface area contributed by atoms with E-state index in [1.165, 1.54) is 0 Å². The molecule has 1 amide bonds. The molecule has 0 aliphatic heterocycles. The molecule has 0 spiro atoms. The molecule has 2 aromatic carbocycles. The molecule has 2 rings (SSSR count). The first-order valence-corrected chi connectivity index (χ1v) is 7.38. The third kappa shape index (κ3) is 3.85. The van der Waals surface area contributed by atoms with Crippen LogP contribution >= 0.6 is 11.6 Å². The Kier molecular flexibility index (Phi) is 4.69. The Morgan fingerprint density at radius 3 is 2.14 bits per heavy atom. The molecule has 0 atom stereocenters. The molecule has 2 nitrogen and oxygen atoms in total. The lowest BCUT2D eigenvalue weighted by Gasteiger charge is -2.36. The predicted octanol–water partition coefficient (Wildman–Crippen LogP) is 4.78. The Balaban J connectivity index is 2.33. The molecule has 0 aromatic heterocycles. The minimum Gasteiger partial charge on any atom is -0.329 e. The average molecular weight is 302 g/mol. The summed E-state index contributed by atoms with van der Waals surface area (Å²) in [5.41, 5.74) is 1.37. The molecule has 0 unspecified atom stereocenters. The highest BCUT2D eigenvalue weighted by Crippen LogP contribution is 2.24. The summed E-state index contributed by atoms with van der Waals surface area (Å²) in [6.45, 7) is 6.66. The number of rotatable bonds is 3. The Morgan fingerprint density at radius 2 is 1.57 bits per heavy atom. The summed E-state index contributed by atoms with van der Waals surface area (Å²) >= 11 is 6.17. The fraction of sp³-hybridized carbons (Fsp3) is 0.278. The van der Waals surface area contributed by atoms with Crippen molar-refractivity contribution in [2.24, 2.45) is 0 Å². The van der Waals surface area contributed by atoms with E-state index in [1.54, 1.807) is 12.1 Å². The topological polar surface area (TPSA) is 20.3 Å². The molecule has 0 N–H and O–H groups in total. The number of benzene rings is 2. The SMILES string of the molecule is CC(C)(C)N(Cc1ccccc1)C(=O)c1ccccc1Cl. The van der Waals surface area contributed by atoms with Crippen molar-refractivity contribution >= 4 is 17.5 Å². The zero-order chi connectivity index (χ0) is 15.5. The zero-order valence-corrected chi connectivity index (χ0v) is 13.4. The molecule has 0 saturated carbocycles. The molecule has 3 heteroatoms. The Morgan fingerprint density at radius 1 is 1.00 bits per heavy atom. The maximum atomic E-state index is 12.9. The van der Waals surface area contributed by atoms with Gasteiger partial charge in [0.15, 0.2) is 0 Å². The van der Waals surface area contributed by atoms with Gasteiger partial charge in [0.25, 0.3) is 5.91 Å². The summed E-state index contributed by atoms with van der Waals surface area (Å²) in [6, 6.07) is 17.2. The lowest BCUT2D eigenvalue weighted by atomic mass is 10.0. The quantitative estimate of drug-likeness (QED) is 0.799. The first-order valence-electron chi connectivity index (χ1n) is 7.00. The molecule has 110 valence electrons. The molecule has 0 aliphatic rings. The molecule has 0 heterocycles. The van der Waals surface area contributed by atoms with Gasteiger partial charge in [0.05, 0.1) is 10.6 Å². The van der Waals surface area contributed by atoms with Gasteiger partial charge in [-0.25, -0.2) is 0 Å². The van der Waals surface area contributed by atoms with Crippen LogP contribution in [0.2, 0.25) is 5.02 Å². The van der Waals surface area contributed by atoms with Gasteiger partial charge in [-0.1, -0.05) is 54.1 Å². The van der Waals surface area contributed by atoms with Gasteiger partial charge in [-0.2, -0.15) is 0 Å². The van der Waals surface area contributed by atoms with Crippen molar-refractivity contribution in [1.29, 1.82) is 0 Å². The van der Waals surface area contributed by atoms with Gasteiger partial charge in [0.2, 0.25) is 0 Å². The average Bonchev–Trinajstić information content (AvgIpc) is 2.44. The molecule has 21 heavy (non-hydrogen) atoms. The Hall–Kier alpha value is -1.80. The summed E-state index contributed by atoms with van der Waals surface area (Å²) in [5.74, 6) is -0.0445. The van der Waals surface area contributed by atoms with Crippen molar-refractivity contribution < 1.29 is 4.79 Å². The molecular formula is C18H20ClNO. The van der Waals surface area contributed by atoms with Crippen LogP contribution in [0.15, 0.2) is 54.6 Å². The highest BCUT2D eigenvalue weighted by molar-refractivity contribution is 6.33. The minimum atomic E-state index is -0.286. The van der Waals surface area contributed by atoms with Gasteiger partial charge in [-0.3, -0.25) is 4.79 Å². The van der Waals surface area contributed by atoms with Gasteiger partial charge in [0, 0.05) is 12.1 Å². The second-order valence-electron chi connectivity index (χ2n) is 6.03. The fourth-order valence-electron chi connectivity index (χ4n) is 2.16. The van der Waals surface area contributed by atoms with Gasteiger partial charge < -0.3 is 4.90 Å². The van der Waals surface area contributed by atoms with Crippen LogP contribution in [0, 0.1) is 0 Å². The maximum absolute atomic E-state index is 12.9. The first kappa shape index (κ1) is 15.6. The monoisotopic (exact) mass is 301 g/mol. The summed E-state index contributed by atoms with van der Waals surface area (Å²) in [4.78, 5) is 14.7. The van der Waals surface area contributed by atoms with E-state index in [1.807, 2.05) is 68.1 Å². The minimum absolute atomic E-state index is 0.0445. The van der Waals surface area contributed by atoms with Crippen LogP contribution in [0.4, 0.5) is 0 Å². The number of hydrogen-bond donors (Lipinski definition) is 0. The van der Waals surface area contributed by atoms with Crippen molar-refractivity contribution in [3.05, 3.63) is 70.7 Å². The van der Waals surface area contributed by atoms with Crippen LogP contribution in [0.5, 0.6) is 0 Å². The standard InChI is InChI=1S/C18H20ClNO/c1-18(2,3)20(13-14-9-5-4-6-10-14)17(21)15-11-7-8-12-16(15)19/h4-12H,13H2,1-3H3. The van der Waals surface area contributed by atoms with Crippen LogP contribution in [-0.4, -0.2) is 16.3 Å². The number of amides is 1. The fourth-order valence-corrected chi connectivity index (χ4v) is 2.38. The summed E-state index contributed by atoms with van der Waals surface area (Å²) < 4.78 is 0. The molecular weight excluding hydrogens is 282 g/mol. The van der Waals surface area contributed by atoms with E-state index in [9.17, 15) is 4.79 Å². The summed E-state index contributed by atoms with van der Waals surface area (Å²) in [7, 11) is 0. The molecule has 0 radical (unpaired) electrons. The molecule has 2 aromatic rings. The molecule has 0 bridgehead atoms. The normalized spacial score (nSPS) is 11.2. The smallest absolute Gasteiger partial charge is 0.256 e. The van der Waals surface area contributed by atoms with Crippen molar-refractivity contribution in [3.63, 3.8) is 0 Å². The molecule has 0 saturated heterocycles. The van der Waals surface area contributed by atoms with E-state index in [2.05, 4.69) is 0 Å². The largest absolute Gasteiger partial charge is 0.329 e. The van der Waals surface area contributed by atoms with Crippen LogP contribution in [0.25, 0.3) is 0 Å². The Labute approximate surface area is 131 Å². The number of carbonyl (C=O) groups excluding carboxylic acids is 1. The third-order valence-electron chi connectivity index (χ3n) is 3.34. The van der Waals surface area contributed by atoms with Crippen LogP contribution in [-0.2, 0) is 6.54 Å². The van der Waals surface area contributed by atoms with Crippen molar-refractivity contribution in [1.82, 2.24) is 4.90 Å². The van der Waals surface area contributed by atoms with Crippen molar-refractivity contribution in [3.8, 4) is 0 Å². The van der Waals surface area contributed by atoms with Crippen LogP contribution in [0.1, 0.15) is 36.7 Å². The highest BCUT2D eigenvalue weighted by Gasteiger charge is 2.28. The second-order valence-corrected chi connectivity index (χ2v) is 6.43. The van der Waals surface area contributed by atoms with Gasteiger partial charge in [0.1, 0.15) is 0 Å². The third-order valence-corrected chi connectivity index (χ3v) is 3.67. The molecule has 0 aliphatic carbocycles. The highest BCUT2D eigenvalue weighted by atomic mass is 35.5. The van der Waals surface area contributed by atoms with Gasteiger partial charge >= 0.3 is 0 Å². The lowest BCUT2D eigenvalue weighted by Crippen LogP contribution is -2.45. The van der Waals surface area contributed by atoms with E-state index < -0.39 is 0 Å². The van der Waals surface area contributed by atoms with E-state index in [-0.39, 0.29) is 11.4 Å². The zero-order valence-electron chi connectivity index (χ0n) is 12.6. The van der Waals surface area contributed by atoms with E-state index in [0.717, 1.165) is 5.56 Å². The molecule has 0 fully saturated rings. The number of carbonyl (C=O) groups is 1. The second kappa shape index (κ2) is 6.31. The lowest BCUT2D eigenvalue weighted by molar-refractivity contribution is 0.0559. The predicted molar refractivity (Wildman–Crippen MR) is 87.5 cm³/mol. The van der Waals surface area contributed by atoms with Crippen molar-refractivity contribution in [2.75, 3.05) is 0 Å². The van der Waals surface area contributed by atoms with Crippen molar-refractivity contribution in [2.45, 2.75) is 32.9 Å². The van der Waals surface area contributed by atoms with E-state index in [4.69, 9.17) is 11.6 Å². The van der Waals surface area contributed by atoms with Crippen LogP contribution in [0.3, 0.4) is 0 Å². The van der Waals surface area contributed by atoms with Gasteiger partial charge in [-0.15, -0.1) is 0 Å². The Bertz CT molecular complexity index is 617. The van der Waals surface area contributed by atoms with E-state index >= 15 is 0 Å². The number of nitrogens with zero attached hydrogens (tertiary/aromatic N) is 1. The number of hydrogen-bond acceptors (Lipinski definition) is 1. The van der Waals surface area contributed by atoms with Gasteiger partial charge in [-0.05, 0) is 38.5 Å². The van der Waals surface area contributed by atoms with Crippen LogP contribution < -0.4 is 0 Å². The number of halogens is 1. The maximum Gasteiger partial charge on any atom is 0.256 e. The summed E-state index contributed by atoms with van der Waals surface area (Å²) in [6.07, 6.45) is 0.